The van der Waals surface area contributed by atoms with Gasteiger partial charge in [0.1, 0.15) is 5.75 Å². The van der Waals surface area contributed by atoms with Gasteiger partial charge in [-0.05, 0) is 67.2 Å². The molecule has 0 unspecified atom stereocenters. The molecule has 0 saturated carbocycles. The minimum absolute atomic E-state index is 0.163. The van der Waals surface area contributed by atoms with Crippen molar-refractivity contribution < 1.29 is 14.3 Å². The molecule has 158 valence electrons. The maximum atomic E-state index is 12.6. The zero-order valence-electron chi connectivity index (χ0n) is 17.1. The maximum Gasteiger partial charge on any atom is 0.261 e. The van der Waals surface area contributed by atoms with E-state index >= 15 is 0 Å². The third-order valence-electron chi connectivity index (χ3n) is 4.26. The number of para-hydroxylation sites is 1. The summed E-state index contributed by atoms with van der Waals surface area (Å²) in [7, 11) is 0. The van der Waals surface area contributed by atoms with Gasteiger partial charge in [0.25, 0.3) is 11.8 Å². The van der Waals surface area contributed by atoms with Crippen molar-refractivity contribution in [2.45, 2.75) is 13.3 Å². The number of thiocarbonyl (C=S) groups is 1. The standard InChI is InChI=1S/C24H23N3O3S/c1-2-16-30-21-11-7-6-10-20(21)23(29)27-24(31)26-19-14-12-18(13-15-19)25-22(28)17-8-4-3-5-9-17/h3-15H,2,16H2,1H3,(H,25,28)(H2,26,27,29,31). The van der Waals surface area contributed by atoms with E-state index in [1.165, 1.54) is 0 Å². The van der Waals surface area contributed by atoms with Gasteiger partial charge < -0.3 is 15.4 Å². The van der Waals surface area contributed by atoms with Crippen molar-refractivity contribution in [1.82, 2.24) is 5.32 Å². The summed E-state index contributed by atoms with van der Waals surface area (Å²) in [6.45, 7) is 2.53. The minimum Gasteiger partial charge on any atom is -0.493 e. The van der Waals surface area contributed by atoms with Gasteiger partial charge in [-0.15, -0.1) is 0 Å². The maximum absolute atomic E-state index is 12.6. The predicted molar refractivity (Wildman–Crippen MR) is 127 cm³/mol. The molecule has 6 nitrogen and oxygen atoms in total. The summed E-state index contributed by atoms with van der Waals surface area (Å²) < 4.78 is 5.63. The summed E-state index contributed by atoms with van der Waals surface area (Å²) in [6.07, 6.45) is 0.845. The molecule has 0 heterocycles. The van der Waals surface area contributed by atoms with Gasteiger partial charge in [0, 0.05) is 16.9 Å². The lowest BCUT2D eigenvalue weighted by Crippen LogP contribution is -2.34. The molecule has 7 heteroatoms. The fraction of sp³-hybridized carbons (Fsp3) is 0.125. The molecule has 2 amide bonds. The van der Waals surface area contributed by atoms with E-state index < -0.39 is 0 Å². The van der Waals surface area contributed by atoms with Crippen molar-refractivity contribution in [3.05, 3.63) is 90.0 Å². The number of hydrogen-bond acceptors (Lipinski definition) is 4. The first kappa shape index (κ1) is 22.0. The molecule has 0 aliphatic heterocycles. The summed E-state index contributed by atoms with van der Waals surface area (Å²) >= 11 is 5.26. The molecule has 0 fully saturated rings. The highest BCUT2D eigenvalue weighted by Gasteiger charge is 2.13. The monoisotopic (exact) mass is 433 g/mol. The number of carbonyl (C=O) groups is 2. The summed E-state index contributed by atoms with van der Waals surface area (Å²) in [5, 5.41) is 8.62. The third kappa shape index (κ3) is 6.38. The lowest BCUT2D eigenvalue weighted by molar-refractivity contribution is 0.0972. The first-order valence-electron chi connectivity index (χ1n) is 9.87. The van der Waals surface area contributed by atoms with Crippen molar-refractivity contribution in [3.8, 4) is 5.75 Å². The third-order valence-corrected chi connectivity index (χ3v) is 4.46. The molecular formula is C24H23N3O3S. The normalized spacial score (nSPS) is 10.1. The van der Waals surface area contributed by atoms with Gasteiger partial charge in [-0.25, -0.2) is 0 Å². The van der Waals surface area contributed by atoms with E-state index in [4.69, 9.17) is 17.0 Å². The summed E-state index contributed by atoms with van der Waals surface area (Å²) in [6, 6.07) is 23.0. The van der Waals surface area contributed by atoms with Crippen LogP contribution in [-0.4, -0.2) is 23.5 Å². The van der Waals surface area contributed by atoms with Crippen LogP contribution >= 0.6 is 12.2 Å². The highest BCUT2D eigenvalue weighted by Crippen LogP contribution is 2.18. The van der Waals surface area contributed by atoms with E-state index in [1.54, 1.807) is 54.6 Å². The van der Waals surface area contributed by atoms with Crippen LogP contribution in [0, 0.1) is 0 Å². The Morgan fingerprint density at radius 1 is 0.806 bits per heavy atom. The predicted octanol–water partition coefficient (Wildman–Crippen LogP) is 4.85. The number of carbonyl (C=O) groups excluding carboxylic acids is 2. The second-order valence-corrected chi connectivity index (χ2v) is 7.06. The van der Waals surface area contributed by atoms with Crippen LogP contribution in [0.1, 0.15) is 34.1 Å². The van der Waals surface area contributed by atoms with Crippen molar-refractivity contribution in [2.24, 2.45) is 0 Å². The molecule has 0 atom stereocenters. The van der Waals surface area contributed by atoms with Gasteiger partial charge in [0.15, 0.2) is 5.11 Å². The van der Waals surface area contributed by atoms with Crippen LogP contribution in [0.3, 0.4) is 0 Å². The molecule has 0 spiro atoms. The highest BCUT2D eigenvalue weighted by molar-refractivity contribution is 7.80. The average Bonchev–Trinajstić information content (AvgIpc) is 2.79. The fourth-order valence-electron chi connectivity index (χ4n) is 2.75. The number of benzene rings is 3. The van der Waals surface area contributed by atoms with Crippen LogP contribution in [0.25, 0.3) is 0 Å². The topological polar surface area (TPSA) is 79.5 Å². The van der Waals surface area contributed by atoms with Crippen molar-refractivity contribution in [2.75, 3.05) is 17.2 Å². The van der Waals surface area contributed by atoms with E-state index in [0.717, 1.165) is 6.42 Å². The molecule has 3 rings (SSSR count). The van der Waals surface area contributed by atoms with Gasteiger partial charge in [-0.1, -0.05) is 37.3 Å². The van der Waals surface area contributed by atoms with E-state index in [-0.39, 0.29) is 16.9 Å². The Bertz CT molecular complexity index is 1050. The number of nitrogens with one attached hydrogen (secondary N) is 3. The smallest absolute Gasteiger partial charge is 0.261 e. The fourth-order valence-corrected chi connectivity index (χ4v) is 2.97. The zero-order chi connectivity index (χ0) is 22.1. The summed E-state index contributed by atoms with van der Waals surface area (Å²) in [4.78, 5) is 24.8. The lowest BCUT2D eigenvalue weighted by Gasteiger charge is -2.13. The molecule has 3 N–H and O–H groups in total. The van der Waals surface area contributed by atoms with E-state index in [9.17, 15) is 9.59 Å². The molecule has 3 aromatic carbocycles. The molecule has 0 aliphatic rings. The minimum atomic E-state index is -0.351. The number of rotatable bonds is 7. The quantitative estimate of drug-likeness (QED) is 0.464. The Morgan fingerprint density at radius 2 is 1.42 bits per heavy atom. The Hall–Kier alpha value is -3.71. The van der Waals surface area contributed by atoms with Crippen LogP contribution in [0.15, 0.2) is 78.9 Å². The van der Waals surface area contributed by atoms with E-state index in [0.29, 0.717) is 34.9 Å². The Morgan fingerprint density at radius 3 is 2.10 bits per heavy atom. The molecule has 0 aromatic heterocycles. The molecular weight excluding hydrogens is 410 g/mol. The average molecular weight is 434 g/mol. The largest absolute Gasteiger partial charge is 0.493 e. The molecule has 31 heavy (non-hydrogen) atoms. The number of ether oxygens (including phenoxy) is 1. The van der Waals surface area contributed by atoms with Crippen LogP contribution < -0.4 is 20.7 Å². The summed E-state index contributed by atoms with van der Waals surface area (Å²) in [5.41, 5.74) is 2.32. The van der Waals surface area contributed by atoms with Crippen LogP contribution in [0.4, 0.5) is 11.4 Å². The van der Waals surface area contributed by atoms with Gasteiger partial charge >= 0.3 is 0 Å². The first-order chi connectivity index (χ1) is 15.1. The second-order valence-electron chi connectivity index (χ2n) is 6.65. The van der Waals surface area contributed by atoms with Gasteiger partial charge in [0.2, 0.25) is 0 Å². The molecule has 0 saturated heterocycles. The highest BCUT2D eigenvalue weighted by atomic mass is 32.1. The molecule has 0 bridgehead atoms. The zero-order valence-corrected chi connectivity index (χ0v) is 17.9. The summed E-state index contributed by atoms with van der Waals surface area (Å²) in [5.74, 6) is -0.0211. The van der Waals surface area contributed by atoms with Crippen LogP contribution in [-0.2, 0) is 0 Å². The van der Waals surface area contributed by atoms with Gasteiger partial charge in [-0.2, -0.15) is 0 Å². The number of anilines is 2. The molecule has 3 aromatic rings. The second kappa shape index (κ2) is 10.9. The molecule has 0 radical (unpaired) electrons. The van der Waals surface area contributed by atoms with Crippen LogP contribution in [0.2, 0.25) is 0 Å². The number of hydrogen-bond donors (Lipinski definition) is 3. The van der Waals surface area contributed by atoms with E-state index in [2.05, 4.69) is 16.0 Å². The Balaban J connectivity index is 1.56. The van der Waals surface area contributed by atoms with Gasteiger partial charge in [0.05, 0.1) is 12.2 Å². The van der Waals surface area contributed by atoms with E-state index in [1.807, 2.05) is 31.2 Å². The SMILES string of the molecule is CCCOc1ccccc1C(=O)NC(=S)Nc1ccc(NC(=O)c2ccccc2)cc1. The van der Waals surface area contributed by atoms with Gasteiger partial charge in [-0.3, -0.25) is 14.9 Å². The Labute approximate surface area is 186 Å². The lowest BCUT2D eigenvalue weighted by atomic mass is 10.2. The van der Waals surface area contributed by atoms with Crippen LogP contribution in [0.5, 0.6) is 5.75 Å². The van der Waals surface area contributed by atoms with Crippen molar-refractivity contribution in [3.63, 3.8) is 0 Å². The number of amides is 2. The van der Waals surface area contributed by atoms with Crippen molar-refractivity contribution >= 4 is 40.5 Å². The first-order valence-corrected chi connectivity index (χ1v) is 10.3. The van der Waals surface area contributed by atoms with Crippen molar-refractivity contribution in [1.29, 1.82) is 0 Å². The molecule has 0 aliphatic carbocycles. The Kier molecular flexibility index (Phi) is 7.73.